The maximum Gasteiger partial charge on any atom is 0.0464 e. The van der Waals surface area contributed by atoms with Crippen LogP contribution in [-0.4, -0.2) is 0 Å². The monoisotopic (exact) mass is 797 g/mol. The van der Waals surface area contributed by atoms with Crippen molar-refractivity contribution < 1.29 is 0 Å². The molecule has 0 aromatic heterocycles. The molecule has 0 unspecified atom stereocenters. The van der Waals surface area contributed by atoms with Crippen LogP contribution in [0.25, 0.3) is 33.0 Å². The summed E-state index contributed by atoms with van der Waals surface area (Å²) in [4.78, 5) is 5.47. The summed E-state index contributed by atoms with van der Waals surface area (Å²) in [5.41, 5.74) is 15.4. The predicted molar refractivity (Wildman–Crippen MR) is 253 cm³/mol. The van der Waals surface area contributed by atoms with Gasteiger partial charge in [0.05, 0.1) is 0 Å². The molecule has 298 valence electrons. The molecule has 0 radical (unpaired) electrons. The molecule has 60 heavy (non-hydrogen) atoms. The van der Waals surface area contributed by atoms with Crippen LogP contribution in [0.2, 0.25) is 0 Å². The van der Waals surface area contributed by atoms with Gasteiger partial charge in [-0.2, -0.15) is 0 Å². The molecule has 0 N–H and O–H groups in total. The third-order valence-corrected chi connectivity index (χ3v) is 17.4. The van der Waals surface area contributed by atoms with Crippen LogP contribution in [0.15, 0.2) is 161 Å². The number of benzene rings is 7. The first-order chi connectivity index (χ1) is 29.2. The zero-order valence-corrected chi connectivity index (χ0v) is 36.4. The summed E-state index contributed by atoms with van der Waals surface area (Å²) in [7, 11) is 0. The third kappa shape index (κ3) is 5.52. The lowest BCUT2D eigenvalue weighted by Crippen LogP contribution is -2.57. The molecule has 0 amide bonds. The highest BCUT2D eigenvalue weighted by molar-refractivity contribution is 7.99. The van der Waals surface area contributed by atoms with Gasteiger partial charge in [-0.3, -0.25) is 0 Å². The van der Waals surface area contributed by atoms with Gasteiger partial charge in [-0.1, -0.05) is 149 Å². The zero-order chi connectivity index (χ0) is 40.4. The Bertz CT molecular complexity index is 2770. The van der Waals surface area contributed by atoms with Crippen LogP contribution in [-0.2, 0) is 16.2 Å². The average molecular weight is 798 g/mol. The van der Waals surface area contributed by atoms with E-state index in [-0.39, 0.29) is 16.2 Å². The van der Waals surface area contributed by atoms with Gasteiger partial charge in [-0.05, 0) is 177 Å². The summed E-state index contributed by atoms with van der Waals surface area (Å²) in [6, 6.07) is 58.3. The van der Waals surface area contributed by atoms with Crippen LogP contribution >= 0.6 is 11.8 Å². The van der Waals surface area contributed by atoms with E-state index in [9.17, 15) is 0 Å². The van der Waals surface area contributed by atoms with Gasteiger partial charge in [0.2, 0.25) is 0 Å². The first-order valence-electron chi connectivity index (χ1n) is 22.7. The number of anilines is 3. The van der Waals surface area contributed by atoms with Gasteiger partial charge in [-0.25, -0.2) is 0 Å². The fourth-order valence-corrected chi connectivity index (χ4v) is 14.7. The molecule has 5 aliphatic carbocycles. The molecule has 6 aliphatic rings. The van der Waals surface area contributed by atoms with Gasteiger partial charge in [0, 0.05) is 32.3 Å². The number of hydrogen-bond donors (Lipinski definition) is 0. The molecule has 7 aromatic rings. The van der Waals surface area contributed by atoms with E-state index in [1.165, 1.54) is 116 Å². The van der Waals surface area contributed by atoms with E-state index in [0.29, 0.717) is 0 Å². The first-order valence-corrected chi connectivity index (χ1v) is 23.5. The van der Waals surface area contributed by atoms with Crippen molar-refractivity contribution in [1.82, 2.24) is 0 Å². The second-order valence-electron chi connectivity index (χ2n) is 20.4. The molecule has 2 heteroatoms. The summed E-state index contributed by atoms with van der Waals surface area (Å²) in [5, 5.41) is 2.56. The number of rotatable bonds is 5. The van der Waals surface area contributed by atoms with E-state index >= 15 is 0 Å². The van der Waals surface area contributed by atoms with E-state index in [4.69, 9.17) is 0 Å². The molecule has 4 bridgehead atoms. The Morgan fingerprint density at radius 2 is 1.02 bits per heavy atom. The highest BCUT2D eigenvalue weighted by atomic mass is 32.2. The van der Waals surface area contributed by atoms with Gasteiger partial charge in [0.15, 0.2) is 0 Å². The van der Waals surface area contributed by atoms with Crippen molar-refractivity contribution in [2.75, 3.05) is 4.90 Å². The van der Waals surface area contributed by atoms with Crippen molar-refractivity contribution in [3.63, 3.8) is 0 Å². The summed E-state index contributed by atoms with van der Waals surface area (Å²) < 4.78 is 0. The maximum atomic E-state index is 2.53. The zero-order valence-electron chi connectivity index (χ0n) is 35.5. The minimum atomic E-state index is 0.117. The largest absolute Gasteiger partial charge is 0.310 e. The lowest BCUT2D eigenvalue weighted by molar-refractivity contribution is -0.0443. The molecular formula is C58H55NS. The molecule has 0 saturated heterocycles. The van der Waals surface area contributed by atoms with Gasteiger partial charge in [0.1, 0.15) is 0 Å². The van der Waals surface area contributed by atoms with Crippen LogP contribution < -0.4 is 4.90 Å². The molecule has 4 fully saturated rings. The fraction of sp³-hybridized carbons (Fsp3) is 0.310. The SMILES string of the molecule is CC1(C)CCC(C)(C)c2cc(N(c3ccc(-c4cccc5c4Sc4ccccc4C54C5CC6CC(C5)CC4C6)cc3)c3ccc(-c4cccc5ccccc45)cc3)ccc21. The number of hydrogen-bond acceptors (Lipinski definition) is 2. The van der Waals surface area contributed by atoms with Gasteiger partial charge in [-0.15, -0.1) is 0 Å². The van der Waals surface area contributed by atoms with Gasteiger partial charge in [0.25, 0.3) is 0 Å². The van der Waals surface area contributed by atoms with E-state index in [1.54, 1.807) is 11.1 Å². The lowest BCUT2D eigenvalue weighted by Gasteiger charge is -2.63. The molecule has 4 saturated carbocycles. The summed E-state index contributed by atoms with van der Waals surface area (Å²) >= 11 is 2.03. The van der Waals surface area contributed by atoms with Crippen molar-refractivity contribution in [3.05, 3.63) is 174 Å². The molecule has 7 aromatic carbocycles. The van der Waals surface area contributed by atoms with Crippen molar-refractivity contribution >= 4 is 39.6 Å². The Labute approximate surface area is 361 Å². The van der Waals surface area contributed by atoms with Gasteiger partial charge < -0.3 is 4.90 Å². The van der Waals surface area contributed by atoms with Crippen LogP contribution in [0.5, 0.6) is 0 Å². The number of nitrogens with zero attached hydrogens (tertiary/aromatic N) is 1. The first kappa shape index (κ1) is 36.8. The smallest absolute Gasteiger partial charge is 0.0464 e. The van der Waals surface area contributed by atoms with Crippen molar-refractivity contribution in [2.45, 2.75) is 98.7 Å². The van der Waals surface area contributed by atoms with Gasteiger partial charge >= 0.3 is 0 Å². The van der Waals surface area contributed by atoms with E-state index in [1.807, 2.05) is 11.8 Å². The quantitative estimate of drug-likeness (QED) is 0.171. The molecule has 0 atom stereocenters. The highest BCUT2D eigenvalue weighted by Gasteiger charge is 2.60. The average Bonchev–Trinajstić information content (AvgIpc) is 3.27. The van der Waals surface area contributed by atoms with Crippen LogP contribution in [0.1, 0.15) is 94.9 Å². The van der Waals surface area contributed by atoms with Crippen molar-refractivity contribution in [3.8, 4) is 22.3 Å². The third-order valence-electron chi connectivity index (χ3n) is 16.2. The Balaban J connectivity index is 0.968. The maximum absolute atomic E-state index is 2.53. The van der Waals surface area contributed by atoms with E-state index < -0.39 is 0 Å². The van der Waals surface area contributed by atoms with E-state index in [0.717, 1.165) is 23.7 Å². The molecular weight excluding hydrogens is 743 g/mol. The molecule has 13 rings (SSSR count). The van der Waals surface area contributed by atoms with E-state index in [2.05, 4.69) is 184 Å². The Kier molecular flexibility index (Phi) is 8.26. The van der Waals surface area contributed by atoms with Crippen molar-refractivity contribution in [1.29, 1.82) is 0 Å². The summed E-state index contributed by atoms with van der Waals surface area (Å²) in [6.45, 7) is 9.72. The van der Waals surface area contributed by atoms with Crippen LogP contribution in [0.4, 0.5) is 17.1 Å². The van der Waals surface area contributed by atoms with Crippen molar-refractivity contribution in [2.24, 2.45) is 23.7 Å². The number of fused-ring (bicyclic) bond motifs is 4. The predicted octanol–water partition coefficient (Wildman–Crippen LogP) is 16.2. The summed E-state index contributed by atoms with van der Waals surface area (Å²) in [6.07, 6.45) is 9.50. The highest BCUT2D eigenvalue weighted by Crippen LogP contribution is 2.69. The Hall–Kier alpha value is -5.05. The summed E-state index contributed by atoms with van der Waals surface area (Å²) in [5.74, 6) is 3.37. The molecule has 1 nitrogen and oxygen atoms in total. The van der Waals surface area contributed by atoms with Crippen LogP contribution in [0.3, 0.4) is 0 Å². The normalized spacial score (nSPS) is 25.1. The standard InChI is InChI=1S/C58H55NS/c1-56(2)29-30-57(3,4)53-36-46(27-28-50(53)56)59(44-23-19-40(20-24-44)48-14-9-12-39-11-5-6-13-47(39)48)45-25-21-41(22-26-45)49-15-10-17-52-55(49)60-54-18-8-7-16-51(54)58(52)42-32-37-31-38(34-42)35-43(58)33-37/h5-28,36-38,42-43H,29-35H2,1-4H3. The molecule has 1 spiro atoms. The van der Waals surface area contributed by atoms with Crippen LogP contribution in [0, 0.1) is 23.7 Å². The second-order valence-corrected chi connectivity index (χ2v) is 21.5. The fourth-order valence-electron chi connectivity index (χ4n) is 13.4. The lowest BCUT2D eigenvalue weighted by atomic mass is 9.42. The minimum Gasteiger partial charge on any atom is -0.310 e. The second kappa shape index (κ2) is 13.5. The topological polar surface area (TPSA) is 3.24 Å². The Morgan fingerprint density at radius 3 is 1.73 bits per heavy atom. The molecule has 1 aliphatic heterocycles. The minimum absolute atomic E-state index is 0.117. The Morgan fingerprint density at radius 1 is 0.467 bits per heavy atom. The molecule has 1 heterocycles.